The Morgan fingerprint density at radius 1 is 1.07 bits per heavy atom. The Hall–Kier alpha value is -3.07. The van der Waals surface area contributed by atoms with Gasteiger partial charge in [0.05, 0.1) is 5.69 Å². The number of aliphatic hydroxyl groups is 1. The lowest BCUT2D eigenvalue weighted by molar-refractivity contribution is -0.0713. The van der Waals surface area contributed by atoms with Crippen LogP contribution < -0.4 is 0 Å². The molecule has 5 nitrogen and oxygen atoms in total. The molecule has 5 heterocycles. The second-order valence-electron chi connectivity index (χ2n) is 8.23. The molecule has 1 aromatic carbocycles. The molecule has 6 rings (SSSR count). The molecule has 0 saturated carbocycles. The van der Waals surface area contributed by atoms with Crippen molar-refractivity contribution in [1.82, 2.24) is 20.1 Å². The van der Waals surface area contributed by atoms with Crippen molar-refractivity contribution in [2.24, 2.45) is 5.92 Å². The van der Waals surface area contributed by atoms with E-state index in [0.717, 1.165) is 42.8 Å². The zero-order valence-corrected chi connectivity index (χ0v) is 16.8. The minimum Gasteiger partial charge on any atom is -0.376 e. The molecule has 3 aliphatic rings. The maximum Gasteiger partial charge on any atom is 0.141 e. The molecule has 30 heavy (non-hydrogen) atoms. The second-order valence-corrected chi connectivity index (χ2v) is 8.23. The van der Waals surface area contributed by atoms with Crippen molar-refractivity contribution in [2.75, 3.05) is 19.6 Å². The van der Waals surface area contributed by atoms with Crippen LogP contribution >= 0.6 is 0 Å². The van der Waals surface area contributed by atoms with Crippen molar-refractivity contribution in [1.29, 1.82) is 0 Å². The third-order valence-corrected chi connectivity index (χ3v) is 6.19. The van der Waals surface area contributed by atoms with Gasteiger partial charge in [0.25, 0.3) is 0 Å². The summed E-state index contributed by atoms with van der Waals surface area (Å²) < 4.78 is 0. The molecule has 0 aliphatic carbocycles. The summed E-state index contributed by atoms with van der Waals surface area (Å²) in [7, 11) is 0. The van der Waals surface area contributed by atoms with E-state index >= 15 is 0 Å². The molecular weight excluding hydrogens is 372 g/mol. The number of pyridine rings is 1. The van der Waals surface area contributed by atoms with Crippen molar-refractivity contribution in [3.8, 4) is 23.1 Å². The van der Waals surface area contributed by atoms with E-state index in [-0.39, 0.29) is 5.92 Å². The van der Waals surface area contributed by atoms with E-state index in [1.54, 1.807) is 12.4 Å². The van der Waals surface area contributed by atoms with Crippen LogP contribution in [0.3, 0.4) is 0 Å². The van der Waals surface area contributed by atoms with Gasteiger partial charge < -0.3 is 5.11 Å². The van der Waals surface area contributed by atoms with Crippen LogP contribution in [0.25, 0.3) is 11.3 Å². The number of benzene rings is 1. The minimum atomic E-state index is -0.954. The summed E-state index contributed by atoms with van der Waals surface area (Å²) >= 11 is 0. The molecule has 3 saturated heterocycles. The fraction of sp³-hybridized carbons (Fsp3) is 0.320. The van der Waals surface area contributed by atoms with Gasteiger partial charge in [-0.3, -0.25) is 9.88 Å². The first kappa shape index (κ1) is 18.9. The van der Waals surface area contributed by atoms with Crippen LogP contribution in [0.2, 0.25) is 0 Å². The lowest BCUT2D eigenvalue weighted by atomic mass is 9.76. The maximum absolute atomic E-state index is 11.2. The van der Waals surface area contributed by atoms with E-state index in [2.05, 4.69) is 44.1 Å². The monoisotopic (exact) mass is 396 g/mol. The van der Waals surface area contributed by atoms with Crippen molar-refractivity contribution in [2.45, 2.75) is 24.9 Å². The first-order chi connectivity index (χ1) is 14.7. The van der Waals surface area contributed by atoms with Crippen molar-refractivity contribution in [3.63, 3.8) is 0 Å². The highest BCUT2D eigenvalue weighted by Crippen LogP contribution is 2.35. The van der Waals surface area contributed by atoms with E-state index in [1.165, 1.54) is 5.56 Å². The van der Waals surface area contributed by atoms with E-state index in [9.17, 15) is 5.11 Å². The predicted octanol–water partition coefficient (Wildman–Crippen LogP) is 2.94. The summed E-state index contributed by atoms with van der Waals surface area (Å²) in [5.41, 5.74) is 3.58. The minimum absolute atomic E-state index is 0.246. The second kappa shape index (κ2) is 7.98. The van der Waals surface area contributed by atoms with Gasteiger partial charge in [0.15, 0.2) is 0 Å². The predicted molar refractivity (Wildman–Crippen MR) is 116 cm³/mol. The summed E-state index contributed by atoms with van der Waals surface area (Å²) in [6.07, 6.45) is 6.26. The first-order valence-corrected chi connectivity index (χ1v) is 10.5. The van der Waals surface area contributed by atoms with Gasteiger partial charge in [-0.25, -0.2) is 0 Å². The Balaban J connectivity index is 1.51. The zero-order chi connectivity index (χ0) is 20.4. The highest BCUT2D eigenvalue weighted by molar-refractivity contribution is 5.59. The first-order valence-electron chi connectivity index (χ1n) is 10.5. The molecule has 150 valence electrons. The van der Waals surface area contributed by atoms with Crippen LogP contribution in [0.4, 0.5) is 0 Å². The summed E-state index contributed by atoms with van der Waals surface area (Å²) in [5, 5.41) is 20.0. The Morgan fingerprint density at radius 2 is 1.90 bits per heavy atom. The Morgan fingerprint density at radius 3 is 2.60 bits per heavy atom. The molecule has 2 aromatic heterocycles. The number of hydrogen-bond acceptors (Lipinski definition) is 5. The molecule has 1 unspecified atom stereocenters. The Labute approximate surface area is 176 Å². The number of hydrogen-bond donors (Lipinski definition) is 1. The van der Waals surface area contributed by atoms with Crippen LogP contribution in [0.5, 0.6) is 0 Å². The Kier molecular flexibility index (Phi) is 5.04. The van der Waals surface area contributed by atoms with Gasteiger partial charge in [0.1, 0.15) is 11.3 Å². The fourth-order valence-corrected chi connectivity index (χ4v) is 4.49. The van der Waals surface area contributed by atoms with Gasteiger partial charge in [0.2, 0.25) is 0 Å². The SMILES string of the molecule is OC1(C#Cc2nnc(-c3cccnc3)cc2Cc2ccccc2)CN2CCC1CC2. The van der Waals surface area contributed by atoms with Gasteiger partial charge in [-0.15, -0.1) is 10.2 Å². The molecular formula is C25H24N4O. The van der Waals surface area contributed by atoms with Crippen LogP contribution in [-0.4, -0.2) is 50.4 Å². The fourth-order valence-electron chi connectivity index (χ4n) is 4.49. The molecule has 0 spiro atoms. The van der Waals surface area contributed by atoms with E-state index in [1.807, 2.05) is 36.4 Å². The highest BCUT2D eigenvalue weighted by atomic mass is 16.3. The lowest BCUT2D eigenvalue weighted by Crippen LogP contribution is -2.58. The topological polar surface area (TPSA) is 62.1 Å². The van der Waals surface area contributed by atoms with Gasteiger partial charge in [-0.05, 0) is 61.2 Å². The van der Waals surface area contributed by atoms with Crippen molar-refractivity contribution >= 4 is 0 Å². The van der Waals surface area contributed by atoms with Gasteiger partial charge in [-0.2, -0.15) is 0 Å². The Bertz CT molecular complexity index is 1080. The summed E-state index contributed by atoms with van der Waals surface area (Å²) in [4.78, 5) is 6.49. The number of nitrogens with zero attached hydrogens (tertiary/aromatic N) is 4. The van der Waals surface area contributed by atoms with Gasteiger partial charge in [0, 0.05) is 36.8 Å². The number of piperidine rings is 3. The van der Waals surface area contributed by atoms with Crippen LogP contribution in [0.1, 0.15) is 29.7 Å². The zero-order valence-electron chi connectivity index (χ0n) is 16.8. The van der Waals surface area contributed by atoms with Crippen LogP contribution in [0.15, 0.2) is 60.9 Å². The lowest BCUT2D eigenvalue weighted by Gasteiger charge is -2.47. The molecule has 3 aliphatic heterocycles. The molecule has 1 N–H and O–H groups in total. The third-order valence-electron chi connectivity index (χ3n) is 6.19. The molecule has 0 radical (unpaired) electrons. The highest BCUT2D eigenvalue weighted by Gasteiger charge is 2.44. The standard InChI is InChI=1S/C25H24N4O/c30-25(18-29-13-9-22(25)10-14-29)11-8-23-21(15-19-5-2-1-3-6-19)16-24(28-27-23)20-7-4-12-26-17-20/h1-7,12,16-17,22,30H,9-10,13-15,18H2. The number of aromatic nitrogens is 3. The normalized spacial score (nSPS) is 24.8. The molecule has 3 aromatic rings. The van der Waals surface area contributed by atoms with Crippen molar-refractivity contribution < 1.29 is 5.11 Å². The van der Waals surface area contributed by atoms with Crippen LogP contribution in [-0.2, 0) is 6.42 Å². The van der Waals surface area contributed by atoms with Crippen LogP contribution in [0, 0.1) is 17.8 Å². The number of fused-ring (bicyclic) bond motifs is 3. The largest absolute Gasteiger partial charge is 0.376 e. The molecule has 1 atom stereocenters. The molecule has 2 bridgehead atoms. The number of rotatable bonds is 3. The van der Waals surface area contributed by atoms with E-state index < -0.39 is 5.60 Å². The molecule has 0 amide bonds. The third kappa shape index (κ3) is 3.85. The summed E-state index contributed by atoms with van der Waals surface area (Å²) in [6.45, 7) is 2.75. The smallest absolute Gasteiger partial charge is 0.141 e. The quantitative estimate of drug-likeness (QED) is 0.690. The summed E-state index contributed by atoms with van der Waals surface area (Å²) in [5.74, 6) is 6.62. The summed E-state index contributed by atoms with van der Waals surface area (Å²) in [6, 6.07) is 16.2. The average molecular weight is 396 g/mol. The maximum atomic E-state index is 11.2. The molecule has 3 fully saturated rings. The van der Waals surface area contributed by atoms with E-state index in [4.69, 9.17) is 0 Å². The molecule has 5 heteroatoms. The van der Waals surface area contributed by atoms with Gasteiger partial charge in [-0.1, -0.05) is 36.3 Å². The average Bonchev–Trinajstić information content (AvgIpc) is 2.80. The van der Waals surface area contributed by atoms with Gasteiger partial charge >= 0.3 is 0 Å². The van der Waals surface area contributed by atoms with Crippen molar-refractivity contribution in [3.05, 3.63) is 77.7 Å². The van der Waals surface area contributed by atoms with E-state index in [0.29, 0.717) is 18.7 Å².